The van der Waals surface area contributed by atoms with E-state index in [9.17, 15) is 26.0 Å². The highest BCUT2D eigenvalue weighted by molar-refractivity contribution is 14.1. The molecule has 29 heavy (non-hydrogen) atoms. The summed E-state index contributed by atoms with van der Waals surface area (Å²) < 4.78 is 80.7. The van der Waals surface area contributed by atoms with E-state index in [4.69, 9.17) is 0 Å². The normalized spacial score (nSPS) is 21.4. The smallest absolute Gasteiger partial charge is 0.367 e. The third-order valence-corrected chi connectivity index (χ3v) is 8.32. The van der Waals surface area contributed by atoms with Crippen molar-refractivity contribution in [3.8, 4) is 0 Å². The molecular formula is C18H16BrF4IN2O2S. The molecule has 2 aromatic carbocycles. The highest BCUT2D eigenvalue weighted by Gasteiger charge is 2.45. The van der Waals surface area contributed by atoms with Gasteiger partial charge in [0.05, 0.1) is 10.5 Å². The Balaban J connectivity index is 1.94. The van der Waals surface area contributed by atoms with Crippen LogP contribution in [0.5, 0.6) is 0 Å². The number of halogens is 6. The number of anilines is 1. The van der Waals surface area contributed by atoms with Gasteiger partial charge in [0.1, 0.15) is 9.36 Å². The zero-order valence-corrected chi connectivity index (χ0v) is 19.6. The zero-order valence-electron chi connectivity index (χ0n) is 15.0. The molecule has 1 saturated heterocycles. The fourth-order valence-electron chi connectivity index (χ4n) is 3.29. The summed E-state index contributed by atoms with van der Waals surface area (Å²) in [5.41, 5.74) is -1.24. The van der Waals surface area contributed by atoms with Crippen LogP contribution in [-0.2, 0) is 16.2 Å². The van der Waals surface area contributed by atoms with Crippen LogP contribution in [0.2, 0.25) is 0 Å². The summed E-state index contributed by atoms with van der Waals surface area (Å²) in [7, 11) is -3.86. The Labute approximate surface area is 188 Å². The van der Waals surface area contributed by atoms with Gasteiger partial charge in [-0.25, -0.2) is 12.8 Å². The Bertz CT molecular complexity index is 1030. The lowest BCUT2D eigenvalue weighted by atomic mass is 10.1. The summed E-state index contributed by atoms with van der Waals surface area (Å²) in [6.45, 7) is 1.69. The van der Waals surface area contributed by atoms with Crippen LogP contribution in [0.4, 0.5) is 23.2 Å². The van der Waals surface area contributed by atoms with E-state index in [0.717, 1.165) is 12.1 Å². The van der Waals surface area contributed by atoms with E-state index >= 15 is 0 Å². The summed E-state index contributed by atoms with van der Waals surface area (Å²) in [6, 6.07) is 8.78. The van der Waals surface area contributed by atoms with Crippen molar-refractivity contribution in [1.29, 1.82) is 0 Å². The van der Waals surface area contributed by atoms with Crippen LogP contribution in [0.1, 0.15) is 12.5 Å². The molecule has 4 nitrogen and oxygen atoms in total. The van der Waals surface area contributed by atoms with E-state index in [-0.39, 0.29) is 30.2 Å². The van der Waals surface area contributed by atoms with Crippen LogP contribution >= 0.6 is 38.5 Å². The van der Waals surface area contributed by atoms with Crippen LogP contribution < -0.4 is 4.90 Å². The number of sulfonamides is 1. The van der Waals surface area contributed by atoms with Gasteiger partial charge in [0.25, 0.3) is 0 Å². The predicted molar refractivity (Wildman–Crippen MR) is 114 cm³/mol. The van der Waals surface area contributed by atoms with Crippen LogP contribution in [0.15, 0.2) is 51.8 Å². The molecule has 1 unspecified atom stereocenters. The van der Waals surface area contributed by atoms with Crippen molar-refractivity contribution in [2.45, 2.75) is 21.5 Å². The quantitative estimate of drug-likeness (QED) is 0.207. The molecule has 2 aromatic rings. The molecule has 0 radical (unpaired) electrons. The third kappa shape index (κ3) is 4.72. The molecule has 1 atom stereocenters. The van der Waals surface area contributed by atoms with Gasteiger partial charge >= 0.3 is 6.18 Å². The predicted octanol–water partition coefficient (Wildman–Crippen LogP) is 5.27. The SMILES string of the molecule is CC1(I)CN(c2ccc(F)cc2C(F)(F)F)CCN1S(=O)(=O)c1cccc(Br)c1. The molecule has 0 N–H and O–H groups in total. The third-order valence-electron chi connectivity index (χ3n) is 4.56. The fraction of sp³-hybridized carbons (Fsp3) is 0.333. The Morgan fingerprint density at radius 1 is 1.14 bits per heavy atom. The summed E-state index contributed by atoms with van der Waals surface area (Å²) in [5.74, 6) is -0.978. The van der Waals surface area contributed by atoms with Gasteiger partial charge in [-0.1, -0.05) is 44.6 Å². The van der Waals surface area contributed by atoms with Crippen LogP contribution in [0.3, 0.4) is 0 Å². The zero-order chi connectivity index (χ0) is 21.6. The van der Waals surface area contributed by atoms with Gasteiger partial charge in [-0.2, -0.15) is 17.5 Å². The lowest BCUT2D eigenvalue weighted by Gasteiger charge is -2.46. The first-order valence-electron chi connectivity index (χ1n) is 8.41. The Kier molecular flexibility index (Phi) is 6.25. The number of piperazine rings is 1. The molecular weight excluding hydrogens is 591 g/mol. The van der Waals surface area contributed by atoms with Gasteiger partial charge < -0.3 is 4.90 Å². The molecule has 0 aliphatic carbocycles. The van der Waals surface area contributed by atoms with E-state index in [2.05, 4.69) is 15.9 Å². The second-order valence-corrected chi connectivity index (χ2v) is 11.9. The second kappa shape index (κ2) is 7.97. The van der Waals surface area contributed by atoms with Crippen molar-refractivity contribution in [2.75, 3.05) is 24.5 Å². The first-order valence-corrected chi connectivity index (χ1v) is 11.7. The first-order chi connectivity index (χ1) is 13.3. The molecule has 0 amide bonds. The first kappa shape index (κ1) is 22.8. The monoisotopic (exact) mass is 606 g/mol. The Morgan fingerprint density at radius 2 is 1.83 bits per heavy atom. The topological polar surface area (TPSA) is 40.6 Å². The van der Waals surface area contributed by atoms with Crippen molar-refractivity contribution >= 4 is 54.2 Å². The van der Waals surface area contributed by atoms with Gasteiger partial charge in [-0.3, -0.25) is 0 Å². The Hall–Kier alpha value is -0.920. The average Bonchev–Trinajstić information content (AvgIpc) is 2.59. The minimum Gasteiger partial charge on any atom is -0.367 e. The molecule has 1 heterocycles. The van der Waals surface area contributed by atoms with E-state index in [1.807, 2.05) is 22.6 Å². The van der Waals surface area contributed by atoms with Crippen molar-refractivity contribution in [1.82, 2.24) is 4.31 Å². The average molecular weight is 607 g/mol. The van der Waals surface area contributed by atoms with E-state index in [1.165, 1.54) is 21.3 Å². The highest BCUT2D eigenvalue weighted by atomic mass is 127. The minimum absolute atomic E-state index is 0.00943. The molecule has 1 aliphatic rings. The number of hydrogen-bond donors (Lipinski definition) is 0. The Morgan fingerprint density at radius 3 is 2.41 bits per heavy atom. The van der Waals surface area contributed by atoms with Crippen molar-refractivity contribution < 1.29 is 26.0 Å². The lowest BCUT2D eigenvalue weighted by Crippen LogP contribution is -2.59. The molecule has 158 valence electrons. The number of alkyl halides is 4. The number of benzene rings is 2. The van der Waals surface area contributed by atoms with E-state index in [0.29, 0.717) is 10.5 Å². The number of nitrogens with zero attached hydrogens (tertiary/aromatic N) is 2. The lowest BCUT2D eigenvalue weighted by molar-refractivity contribution is -0.137. The maximum atomic E-state index is 13.4. The summed E-state index contributed by atoms with van der Waals surface area (Å²) in [6.07, 6.45) is -4.72. The maximum Gasteiger partial charge on any atom is 0.418 e. The van der Waals surface area contributed by atoms with Crippen LogP contribution in [0, 0.1) is 5.82 Å². The molecule has 1 fully saturated rings. The van der Waals surface area contributed by atoms with Gasteiger partial charge in [0.15, 0.2) is 0 Å². The van der Waals surface area contributed by atoms with E-state index < -0.39 is 31.1 Å². The molecule has 0 bridgehead atoms. The van der Waals surface area contributed by atoms with Gasteiger partial charge in [-0.05, 0) is 43.3 Å². The maximum absolute atomic E-state index is 13.4. The van der Waals surface area contributed by atoms with Gasteiger partial charge in [-0.15, -0.1) is 0 Å². The largest absolute Gasteiger partial charge is 0.418 e. The van der Waals surface area contributed by atoms with Crippen molar-refractivity contribution in [3.63, 3.8) is 0 Å². The summed E-state index contributed by atoms with van der Waals surface area (Å²) in [5, 5.41) is 0. The van der Waals surface area contributed by atoms with Crippen molar-refractivity contribution in [2.24, 2.45) is 0 Å². The van der Waals surface area contributed by atoms with Crippen molar-refractivity contribution in [3.05, 3.63) is 58.3 Å². The standard InChI is InChI=1S/C18H16BrF4IN2O2S/c1-17(24)11-25(16-6-5-13(20)10-15(16)18(21,22)23)7-8-26(17)29(27,28)14-4-2-3-12(19)9-14/h2-6,9-10H,7-8,11H2,1H3. The molecule has 0 saturated carbocycles. The number of rotatable bonds is 3. The summed E-state index contributed by atoms with van der Waals surface area (Å²) in [4.78, 5) is 1.54. The van der Waals surface area contributed by atoms with Gasteiger partial charge in [0.2, 0.25) is 10.0 Å². The summed E-state index contributed by atoms with van der Waals surface area (Å²) >= 11 is 5.18. The second-order valence-electron chi connectivity index (χ2n) is 6.76. The minimum atomic E-state index is -4.72. The molecule has 1 aliphatic heterocycles. The molecule has 0 aromatic heterocycles. The fourth-order valence-corrected chi connectivity index (χ4v) is 6.94. The van der Waals surface area contributed by atoms with Crippen LogP contribution in [0.25, 0.3) is 0 Å². The van der Waals surface area contributed by atoms with Crippen LogP contribution in [-0.4, -0.2) is 35.9 Å². The number of hydrogen-bond acceptors (Lipinski definition) is 3. The molecule has 3 rings (SSSR count). The molecule has 0 spiro atoms. The highest BCUT2D eigenvalue weighted by Crippen LogP contribution is 2.41. The molecule has 11 heteroatoms. The van der Waals surface area contributed by atoms with Gasteiger partial charge in [0, 0.05) is 29.8 Å². The van der Waals surface area contributed by atoms with E-state index in [1.54, 1.807) is 19.1 Å².